The summed E-state index contributed by atoms with van der Waals surface area (Å²) in [6.45, 7) is -1.83. The fraction of sp³-hybridized carbons (Fsp3) is 0.235. The summed E-state index contributed by atoms with van der Waals surface area (Å²) in [6, 6.07) is 8.73. The van der Waals surface area contributed by atoms with Gasteiger partial charge in [-0.2, -0.15) is 4.31 Å². The molecule has 0 bridgehead atoms. The Morgan fingerprint density at radius 3 is 2.33 bits per heavy atom. The van der Waals surface area contributed by atoms with Crippen LogP contribution in [0.4, 0.5) is 5.69 Å². The van der Waals surface area contributed by atoms with Crippen molar-refractivity contribution in [3.8, 4) is 0 Å². The molecular weight excluding hydrogens is 437 g/mol. The molecule has 0 amide bonds. The number of phosphoric acid groups is 1. The number of nitrogens with two attached hydrogens (primary N) is 1. The maximum Gasteiger partial charge on any atom is 0.469 e. The minimum Gasteiger partial charge on any atom is -0.399 e. The van der Waals surface area contributed by atoms with Gasteiger partial charge in [-0.25, -0.2) is 13.0 Å². The molecule has 0 aliphatic heterocycles. The summed E-state index contributed by atoms with van der Waals surface area (Å²) in [5.74, 6) is 0. The number of pyridine rings is 1. The number of nitrogens with one attached hydrogen (secondary N) is 1. The van der Waals surface area contributed by atoms with Crippen molar-refractivity contribution in [1.82, 2.24) is 9.29 Å². The maximum atomic E-state index is 13.0. The van der Waals surface area contributed by atoms with E-state index in [0.717, 1.165) is 4.31 Å². The maximum absolute atomic E-state index is 13.0. The van der Waals surface area contributed by atoms with E-state index in [-0.39, 0.29) is 16.8 Å². The van der Waals surface area contributed by atoms with Crippen LogP contribution in [0.5, 0.6) is 0 Å². The molecule has 162 valence electrons. The highest BCUT2D eigenvalue weighted by atomic mass is 32.2. The van der Waals surface area contributed by atoms with E-state index in [1.807, 2.05) is 0 Å². The number of aromatic amines is 1. The van der Waals surface area contributed by atoms with E-state index in [2.05, 4.69) is 9.51 Å². The number of anilines is 1. The minimum atomic E-state index is -4.77. The Hall–Kier alpha value is -2.31. The summed E-state index contributed by atoms with van der Waals surface area (Å²) >= 11 is 0. The molecule has 3 aromatic rings. The van der Waals surface area contributed by atoms with Crippen molar-refractivity contribution in [3.05, 3.63) is 46.6 Å². The number of hydrogen-bond acceptors (Lipinski definition) is 7. The predicted octanol–water partition coefficient (Wildman–Crippen LogP) is 0.356. The fourth-order valence-corrected chi connectivity index (χ4v) is 4.77. The lowest BCUT2D eigenvalue weighted by molar-refractivity contribution is 0.177. The van der Waals surface area contributed by atoms with Gasteiger partial charge in [-0.15, -0.1) is 0 Å². The highest BCUT2D eigenvalue weighted by Crippen LogP contribution is 2.35. The van der Waals surface area contributed by atoms with Gasteiger partial charge in [-0.3, -0.25) is 9.32 Å². The van der Waals surface area contributed by atoms with Crippen LogP contribution in [-0.4, -0.2) is 58.9 Å². The van der Waals surface area contributed by atoms with E-state index in [1.165, 1.54) is 24.3 Å². The molecule has 0 aliphatic carbocycles. The largest absolute Gasteiger partial charge is 0.469 e. The van der Waals surface area contributed by atoms with E-state index in [9.17, 15) is 22.9 Å². The number of aliphatic hydroxyl groups excluding tert-OH is 1. The molecule has 6 N–H and O–H groups in total. The van der Waals surface area contributed by atoms with Crippen LogP contribution in [0.2, 0.25) is 0 Å². The van der Waals surface area contributed by atoms with Crippen LogP contribution in [-0.2, 0) is 19.1 Å². The second kappa shape index (κ2) is 8.44. The molecular formula is C17H20N3O8PS. The SMILES string of the molecule is Nc1ccc2[nH]c3ccc(S(=O)(=O)N(CCO)CCOP(=O)(O)O)cc3c(=O)c2c1. The molecule has 13 heteroatoms. The van der Waals surface area contributed by atoms with E-state index in [4.69, 9.17) is 15.5 Å². The van der Waals surface area contributed by atoms with Gasteiger partial charge >= 0.3 is 7.82 Å². The zero-order chi connectivity index (χ0) is 22.1. The van der Waals surface area contributed by atoms with Gasteiger partial charge in [-0.05, 0) is 36.4 Å². The second-order valence-electron chi connectivity index (χ2n) is 6.42. The number of rotatable bonds is 8. The van der Waals surface area contributed by atoms with Gasteiger partial charge in [0.1, 0.15) is 0 Å². The van der Waals surface area contributed by atoms with Gasteiger partial charge in [-0.1, -0.05) is 0 Å². The molecule has 3 rings (SSSR count). The lowest BCUT2D eigenvalue weighted by atomic mass is 10.1. The van der Waals surface area contributed by atoms with Crippen LogP contribution < -0.4 is 11.2 Å². The van der Waals surface area contributed by atoms with E-state index in [1.54, 1.807) is 12.1 Å². The van der Waals surface area contributed by atoms with Crippen molar-refractivity contribution in [3.63, 3.8) is 0 Å². The fourth-order valence-electron chi connectivity index (χ4n) is 3.00. The average Bonchev–Trinajstić information content (AvgIpc) is 2.67. The summed E-state index contributed by atoms with van der Waals surface area (Å²) in [5.41, 5.74) is 6.70. The van der Waals surface area contributed by atoms with Crippen molar-refractivity contribution >= 4 is 45.3 Å². The van der Waals surface area contributed by atoms with Crippen molar-refractivity contribution in [1.29, 1.82) is 0 Å². The van der Waals surface area contributed by atoms with Crippen LogP contribution in [0.25, 0.3) is 21.8 Å². The van der Waals surface area contributed by atoms with Gasteiger partial charge in [0.2, 0.25) is 10.0 Å². The molecule has 0 unspecified atom stereocenters. The Bertz CT molecular complexity index is 1300. The molecule has 30 heavy (non-hydrogen) atoms. The Kier molecular flexibility index (Phi) is 6.29. The quantitative estimate of drug-likeness (QED) is 0.181. The number of H-pyrrole nitrogens is 1. The van der Waals surface area contributed by atoms with Gasteiger partial charge in [0.05, 0.1) is 18.1 Å². The average molecular weight is 457 g/mol. The third-order valence-electron chi connectivity index (χ3n) is 4.38. The Labute approximate surface area is 171 Å². The molecule has 11 nitrogen and oxygen atoms in total. The number of hydrogen-bond donors (Lipinski definition) is 5. The van der Waals surface area contributed by atoms with Crippen molar-refractivity contribution in [2.45, 2.75) is 4.90 Å². The van der Waals surface area contributed by atoms with E-state index in [0.29, 0.717) is 22.1 Å². The molecule has 2 aromatic carbocycles. The predicted molar refractivity (Wildman–Crippen MR) is 110 cm³/mol. The molecule has 1 aromatic heterocycles. The highest BCUT2D eigenvalue weighted by Gasteiger charge is 2.26. The highest BCUT2D eigenvalue weighted by molar-refractivity contribution is 7.89. The second-order valence-corrected chi connectivity index (χ2v) is 9.60. The third-order valence-corrected chi connectivity index (χ3v) is 6.79. The number of fused-ring (bicyclic) bond motifs is 2. The number of nitrogens with zero attached hydrogens (tertiary/aromatic N) is 1. The molecule has 0 aliphatic rings. The molecule has 0 atom stereocenters. The normalized spacial score (nSPS) is 12.8. The standard InChI is InChI=1S/C17H20N3O8PS/c18-11-1-3-15-13(9-11)17(22)14-10-12(2-4-16(14)19-15)30(26,27)20(5-7-21)6-8-28-29(23,24)25/h1-4,9-10,21H,5-8,18H2,(H,19,22)(H2,23,24,25). The van der Waals surface area contributed by atoms with Gasteiger partial charge in [0, 0.05) is 40.6 Å². The Morgan fingerprint density at radius 1 is 1.07 bits per heavy atom. The van der Waals surface area contributed by atoms with Crippen molar-refractivity contribution in [2.24, 2.45) is 0 Å². The summed E-state index contributed by atoms with van der Waals surface area (Å²) in [7, 11) is -8.96. The zero-order valence-corrected chi connectivity index (χ0v) is 17.3. The van der Waals surface area contributed by atoms with E-state index < -0.39 is 43.0 Å². The Balaban J connectivity index is 2.04. The zero-order valence-electron chi connectivity index (χ0n) is 15.6. The first-order chi connectivity index (χ1) is 14.0. The number of aliphatic hydroxyl groups is 1. The molecule has 1 heterocycles. The number of nitrogen functional groups attached to an aromatic ring is 1. The molecule has 0 saturated carbocycles. The minimum absolute atomic E-state index is 0.129. The smallest absolute Gasteiger partial charge is 0.399 e. The molecule has 0 radical (unpaired) electrons. The molecule has 0 spiro atoms. The van der Waals surface area contributed by atoms with Crippen molar-refractivity contribution < 1.29 is 32.4 Å². The number of phosphoric ester groups is 1. The van der Waals surface area contributed by atoms with Crippen LogP contribution in [0.3, 0.4) is 0 Å². The lowest BCUT2D eigenvalue weighted by Crippen LogP contribution is -2.36. The van der Waals surface area contributed by atoms with Crippen LogP contribution >= 0.6 is 7.82 Å². The summed E-state index contributed by atoms with van der Waals surface area (Å²) in [6.07, 6.45) is 0. The van der Waals surface area contributed by atoms with E-state index >= 15 is 0 Å². The summed E-state index contributed by atoms with van der Waals surface area (Å²) in [4.78, 5) is 33.2. The molecule has 0 fully saturated rings. The van der Waals surface area contributed by atoms with Crippen LogP contribution in [0, 0.1) is 0 Å². The molecule has 0 saturated heterocycles. The first-order valence-electron chi connectivity index (χ1n) is 8.69. The monoisotopic (exact) mass is 457 g/mol. The van der Waals surface area contributed by atoms with Gasteiger partial charge in [0.15, 0.2) is 5.43 Å². The number of sulfonamides is 1. The first-order valence-corrected chi connectivity index (χ1v) is 11.7. The number of benzene rings is 2. The number of aromatic nitrogens is 1. The van der Waals surface area contributed by atoms with Gasteiger partial charge < -0.3 is 25.6 Å². The summed E-state index contributed by atoms with van der Waals surface area (Å²) in [5, 5.41) is 9.63. The third kappa shape index (κ3) is 4.71. The van der Waals surface area contributed by atoms with Gasteiger partial charge in [0.25, 0.3) is 0 Å². The Morgan fingerprint density at radius 2 is 1.70 bits per heavy atom. The topological polar surface area (TPSA) is 183 Å². The van der Waals surface area contributed by atoms with Crippen molar-refractivity contribution in [2.75, 3.05) is 32.0 Å². The lowest BCUT2D eigenvalue weighted by Gasteiger charge is -2.21. The first kappa shape index (κ1) is 22.4. The summed E-state index contributed by atoms with van der Waals surface area (Å²) < 4.78 is 41.9. The van der Waals surface area contributed by atoms with Crippen LogP contribution in [0.15, 0.2) is 46.1 Å². The van der Waals surface area contributed by atoms with Crippen LogP contribution in [0.1, 0.15) is 0 Å².